The SMILES string of the molecule is O=C(CCCNC(=O)OCC1c2ccccc2-c2ccccc21)NCc1ncc(C(=O)O)cn1. The van der Waals surface area contributed by atoms with Crippen LogP contribution in [0.15, 0.2) is 60.9 Å². The number of ether oxygens (including phenoxy) is 1. The highest BCUT2D eigenvalue weighted by Gasteiger charge is 2.28. The van der Waals surface area contributed by atoms with Crippen molar-refractivity contribution in [2.75, 3.05) is 13.2 Å². The zero-order chi connectivity index (χ0) is 23.9. The van der Waals surface area contributed by atoms with E-state index < -0.39 is 12.1 Å². The molecule has 4 rings (SSSR count). The van der Waals surface area contributed by atoms with Crippen LogP contribution in [0.3, 0.4) is 0 Å². The molecule has 174 valence electrons. The topological polar surface area (TPSA) is 131 Å². The Morgan fingerprint density at radius 3 is 2.15 bits per heavy atom. The minimum absolute atomic E-state index is 0.00397. The number of rotatable bonds is 9. The molecule has 2 aromatic carbocycles. The average molecular weight is 460 g/mol. The maximum Gasteiger partial charge on any atom is 0.407 e. The summed E-state index contributed by atoms with van der Waals surface area (Å²) in [6.07, 6.45) is 2.50. The van der Waals surface area contributed by atoms with Crippen molar-refractivity contribution in [1.82, 2.24) is 20.6 Å². The summed E-state index contributed by atoms with van der Waals surface area (Å²) in [5.41, 5.74) is 4.61. The number of hydrogen-bond donors (Lipinski definition) is 3. The normalized spacial score (nSPS) is 11.9. The Balaban J connectivity index is 1.16. The van der Waals surface area contributed by atoms with E-state index in [-0.39, 0.29) is 37.0 Å². The molecule has 34 heavy (non-hydrogen) atoms. The predicted molar refractivity (Wildman–Crippen MR) is 123 cm³/mol. The predicted octanol–water partition coefficient (Wildman–Crippen LogP) is 3.11. The highest BCUT2D eigenvalue weighted by Crippen LogP contribution is 2.44. The zero-order valence-electron chi connectivity index (χ0n) is 18.4. The van der Waals surface area contributed by atoms with Gasteiger partial charge in [0.15, 0.2) is 0 Å². The molecule has 0 radical (unpaired) electrons. The molecule has 0 unspecified atom stereocenters. The number of amides is 2. The van der Waals surface area contributed by atoms with Crippen LogP contribution in [0, 0.1) is 0 Å². The zero-order valence-corrected chi connectivity index (χ0v) is 18.4. The van der Waals surface area contributed by atoms with Gasteiger partial charge in [-0.2, -0.15) is 0 Å². The molecule has 2 amide bonds. The number of aromatic nitrogens is 2. The first-order chi connectivity index (χ1) is 16.5. The van der Waals surface area contributed by atoms with Crippen molar-refractivity contribution in [2.45, 2.75) is 25.3 Å². The van der Waals surface area contributed by atoms with Crippen molar-refractivity contribution in [2.24, 2.45) is 0 Å². The first kappa shape index (κ1) is 22.9. The first-order valence-electron chi connectivity index (χ1n) is 10.9. The summed E-state index contributed by atoms with van der Waals surface area (Å²) in [4.78, 5) is 42.7. The highest BCUT2D eigenvalue weighted by molar-refractivity contribution is 5.86. The molecule has 0 saturated heterocycles. The molecule has 1 aliphatic rings. The third-order valence-electron chi connectivity index (χ3n) is 5.59. The lowest BCUT2D eigenvalue weighted by Gasteiger charge is -2.14. The van der Waals surface area contributed by atoms with E-state index in [4.69, 9.17) is 9.84 Å². The van der Waals surface area contributed by atoms with Crippen molar-refractivity contribution in [3.05, 3.63) is 83.4 Å². The van der Waals surface area contributed by atoms with Crippen LogP contribution in [0.25, 0.3) is 11.1 Å². The van der Waals surface area contributed by atoms with Gasteiger partial charge in [0.05, 0.1) is 12.1 Å². The lowest BCUT2D eigenvalue weighted by atomic mass is 9.98. The summed E-state index contributed by atoms with van der Waals surface area (Å²) >= 11 is 0. The average Bonchev–Trinajstić information content (AvgIpc) is 3.18. The molecule has 9 heteroatoms. The number of carbonyl (C=O) groups is 3. The number of nitrogens with one attached hydrogen (secondary N) is 2. The Hall–Kier alpha value is -4.27. The Kier molecular flexibility index (Phi) is 7.12. The summed E-state index contributed by atoms with van der Waals surface area (Å²) in [6.45, 7) is 0.632. The monoisotopic (exact) mass is 460 g/mol. The van der Waals surface area contributed by atoms with E-state index >= 15 is 0 Å². The van der Waals surface area contributed by atoms with Crippen LogP contribution in [0.4, 0.5) is 4.79 Å². The molecular weight excluding hydrogens is 436 g/mol. The quantitative estimate of drug-likeness (QED) is 0.418. The van der Waals surface area contributed by atoms with E-state index in [1.54, 1.807) is 0 Å². The van der Waals surface area contributed by atoms with Crippen molar-refractivity contribution in [3.8, 4) is 11.1 Å². The number of hydrogen-bond acceptors (Lipinski definition) is 6. The number of benzene rings is 2. The number of nitrogens with zero attached hydrogens (tertiary/aromatic N) is 2. The molecular formula is C25H24N4O5. The van der Waals surface area contributed by atoms with Gasteiger partial charge in [0.25, 0.3) is 0 Å². The summed E-state index contributed by atoms with van der Waals surface area (Å²) < 4.78 is 5.47. The van der Waals surface area contributed by atoms with E-state index in [1.165, 1.54) is 23.5 Å². The van der Waals surface area contributed by atoms with Crippen molar-refractivity contribution in [1.29, 1.82) is 0 Å². The number of alkyl carbamates (subject to hydrolysis) is 1. The highest BCUT2D eigenvalue weighted by atomic mass is 16.5. The molecule has 1 heterocycles. The van der Waals surface area contributed by atoms with E-state index in [0.29, 0.717) is 18.8 Å². The molecule has 0 aliphatic heterocycles. The fraction of sp³-hybridized carbons (Fsp3) is 0.240. The van der Waals surface area contributed by atoms with Gasteiger partial charge in [-0.3, -0.25) is 4.79 Å². The number of carbonyl (C=O) groups excluding carboxylic acids is 2. The molecule has 3 aromatic rings. The third kappa shape index (κ3) is 5.37. The van der Waals surface area contributed by atoms with Gasteiger partial charge in [-0.05, 0) is 28.7 Å². The molecule has 3 N–H and O–H groups in total. The second-order valence-corrected chi connectivity index (χ2v) is 7.83. The lowest BCUT2D eigenvalue weighted by molar-refractivity contribution is -0.121. The maximum absolute atomic E-state index is 12.2. The molecule has 0 spiro atoms. The van der Waals surface area contributed by atoms with Crippen LogP contribution >= 0.6 is 0 Å². The van der Waals surface area contributed by atoms with Crippen molar-refractivity contribution < 1.29 is 24.2 Å². The minimum Gasteiger partial charge on any atom is -0.478 e. The summed E-state index contributed by atoms with van der Waals surface area (Å²) in [6, 6.07) is 16.3. The summed E-state index contributed by atoms with van der Waals surface area (Å²) in [5.74, 6) is -1.02. The number of carboxylic acids is 1. The number of aromatic carboxylic acids is 1. The fourth-order valence-corrected chi connectivity index (χ4v) is 3.91. The maximum atomic E-state index is 12.2. The van der Waals surface area contributed by atoms with E-state index in [2.05, 4.69) is 44.9 Å². The molecule has 1 aliphatic carbocycles. The minimum atomic E-state index is -1.11. The van der Waals surface area contributed by atoms with Crippen LogP contribution < -0.4 is 10.6 Å². The second-order valence-electron chi connectivity index (χ2n) is 7.83. The first-order valence-corrected chi connectivity index (χ1v) is 10.9. The summed E-state index contributed by atoms with van der Waals surface area (Å²) in [5, 5.41) is 14.2. The number of carboxylic acid groups (broad SMARTS) is 1. The molecule has 9 nitrogen and oxygen atoms in total. The largest absolute Gasteiger partial charge is 0.478 e. The molecule has 1 aromatic heterocycles. The van der Waals surface area contributed by atoms with Crippen LogP contribution in [0.1, 0.15) is 46.1 Å². The van der Waals surface area contributed by atoms with Crippen molar-refractivity contribution >= 4 is 18.0 Å². The smallest absolute Gasteiger partial charge is 0.407 e. The summed E-state index contributed by atoms with van der Waals surface area (Å²) in [7, 11) is 0. The van der Waals surface area contributed by atoms with Gasteiger partial charge < -0.3 is 20.5 Å². The Bertz CT molecular complexity index is 1150. The van der Waals surface area contributed by atoms with Gasteiger partial charge in [-0.25, -0.2) is 19.6 Å². The fourth-order valence-electron chi connectivity index (χ4n) is 3.91. The number of fused-ring (bicyclic) bond motifs is 3. The van der Waals surface area contributed by atoms with Crippen LogP contribution in [0.2, 0.25) is 0 Å². The Labute approximate surface area is 196 Å². The molecule has 0 bridgehead atoms. The third-order valence-corrected chi connectivity index (χ3v) is 5.59. The Morgan fingerprint density at radius 2 is 1.53 bits per heavy atom. The van der Waals surface area contributed by atoms with Crippen LogP contribution in [-0.4, -0.2) is 46.2 Å². The Morgan fingerprint density at radius 1 is 0.912 bits per heavy atom. The standard InChI is InChI=1S/C25H24N4O5/c30-23(29-14-22-27-12-16(13-28-22)24(31)32)10-5-11-26-25(33)34-15-21-19-8-3-1-6-17(19)18-7-2-4-9-20(18)21/h1-4,6-9,12-13,21H,5,10-11,14-15H2,(H,26,33)(H,29,30)(H,31,32). The molecule has 0 fully saturated rings. The molecule has 0 atom stereocenters. The van der Waals surface area contributed by atoms with E-state index in [0.717, 1.165) is 11.1 Å². The van der Waals surface area contributed by atoms with Gasteiger partial charge in [-0.1, -0.05) is 48.5 Å². The van der Waals surface area contributed by atoms with Gasteiger partial charge in [0.1, 0.15) is 12.4 Å². The van der Waals surface area contributed by atoms with Gasteiger partial charge in [0.2, 0.25) is 5.91 Å². The second kappa shape index (κ2) is 10.6. The van der Waals surface area contributed by atoms with Gasteiger partial charge >= 0.3 is 12.1 Å². The van der Waals surface area contributed by atoms with Crippen LogP contribution in [0.5, 0.6) is 0 Å². The van der Waals surface area contributed by atoms with Crippen molar-refractivity contribution in [3.63, 3.8) is 0 Å². The van der Waals surface area contributed by atoms with Gasteiger partial charge in [0, 0.05) is 31.3 Å². The van der Waals surface area contributed by atoms with Gasteiger partial charge in [-0.15, -0.1) is 0 Å². The molecule has 0 saturated carbocycles. The van der Waals surface area contributed by atoms with E-state index in [9.17, 15) is 14.4 Å². The lowest BCUT2D eigenvalue weighted by Crippen LogP contribution is -2.29. The van der Waals surface area contributed by atoms with E-state index in [1.807, 2.05) is 24.3 Å². The van der Waals surface area contributed by atoms with Crippen LogP contribution in [-0.2, 0) is 16.1 Å².